The van der Waals surface area contributed by atoms with E-state index in [1.165, 1.54) is 96.3 Å². The Balaban J connectivity index is 0.000000208. The highest BCUT2D eigenvalue weighted by atomic mass is 14.0. The molecule has 98 valence electrons. The van der Waals surface area contributed by atoms with Crippen molar-refractivity contribution in [2.75, 3.05) is 0 Å². The van der Waals surface area contributed by atoms with E-state index in [9.17, 15) is 0 Å². The third-order valence-corrected chi connectivity index (χ3v) is 3.75. The van der Waals surface area contributed by atoms with Crippen molar-refractivity contribution < 1.29 is 0 Å². The van der Waals surface area contributed by atoms with Crippen molar-refractivity contribution in [3.05, 3.63) is 0 Å². The highest BCUT2D eigenvalue weighted by molar-refractivity contribution is 4.52. The molecular formula is C16H34. The van der Waals surface area contributed by atoms with Crippen LogP contribution >= 0.6 is 0 Å². The van der Waals surface area contributed by atoms with Crippen molar-refractivity contribution >= 4 is 0 Å². The van der Waals surface area contributed by atoms with E-state index in [-0.39, 0.29) is 7.43 Å². The second kappa shape index (κ2) is 13.1. The predicted molar refractivity (Wildman–Crippen MR) is 76.0 cm³/mol. The number of rotatable bonds is 0. The van der Waals surface area contributed by atoms with Crippen LogP contribution < -0.4 is 0 Å². The molecule has 0 radical (unpaired) electrons. The van der Waals surface area contributed by atoms with Crippen LogP contribution in [-0.2, 0) is 0 Å². The van der Waals surface area contributed by atoms with Crippen LogP contribution in [0.25, 0.3) is 0 Å². The summed E-state index contributed by atoms with van der Waals surface area (Å²) in [6, 6.07) is 0. The highest BCUT2D eigenvalue weighted by Gasteiger charge is 1.96. The van der Waals surface area contributed by atoms with E-state index < -0.39 is 0 Å². The van der Waals surface area contributed by atoms with Gasteiger partial charge in [0.25, 0.3) is 0 Å². The molecule has 0 aromatic rings. The zero-order valence-electron chi connectivity index (χ0n) is 10.6. The van der Waals surface area contributed by atoms with Gasteiger partial charge in [-0.05, 0) is 0 Å². The second-order valence-electron chi connectivity index (χ2n) is 5.30. The Morgan fingerprint density at radius 2 is 0.250 bits per heavy atom. The largest absolute Gasteiger partial charge is 0.0776 e. The molecule has 3 saturated carbocycles. The van der Waals surface area contributed by atoms with Gasteiger partial charge in [-0.15, -0.1) is 0 Å². The molecule has 0 spiro atoms. The van der Waals surface area contributed by atoms with Gasteiger partial charge in [-0.3, -0.25) is 0 Å². The lowest BCUT2D eigenvalue weighted by molar-refractivity contribution is 0.504. The smallest absolute Gasteiger partial charge is 0.0533 e. The summed E-state index contributed by atoms with van der Waals surface area (Å²) in [5, 5.41) is 0. The molecule has 0 heterocycles. The molecule has 0 aromatic carbocycles. The van der Waals surface area contributed by atoms with Gasteiger partial charge in [0.1, 0.15) is 0 Å². The van der Waals surface area contributed by atoms with Gasteiger partial charge in [-0.2, -0.15) is 0 Å². The molecule has 0 nitrogen and oxygen atoms in total. The lowest BCUT2D eigenvalue weighted by Gasteiger charge is -2.05. The van der Waals surface area contributed by atoms with Crippen molar-refractivity contribution in [3.63, 3.8) is 0 Å². The third-order valence-electron chi connectivity index (χ3n) is 3.75. The average Bonchev–Trinajstić information content (AvgIpc) is 2.75. The Morgan fingerprint density at radius 1 is 0.188 bits per heavy atom. The fraction of sp³-hybridized carbons (Fsp3) is 1.00. The van der Waals surface area contributed by atoms with E-state index in [0.717, 1.165) is 0 Å². The molecule has 3 aliphatic carbocycles. The molecule has 0 atom stereocenters. The molecule has 0 aliphatic heterocycles. The van der Waals surface area contributed by atoms with E-state index in [1.54, 1.807) is 0 Å². The Kier molecular flexibility index (Phi) is 13.1. The topological polar surface area (TPSA) is 0 Å². The van der Waals surface area contributed by atoms with Crippen LogP contribution in [0.3, 0.4) is 0 Å². The van der Waals surface area contributed by atoms with Gasteiger partial charge >= 0.3 is 0 Å². The molecule has 3 fully saturated rings. The maximum absolute atomic E-state index is 1.50. The van der Waals surface area contributed by atoms with Crippen molar-refractivity contribution in [1.82, 2.24) is 0 Å². The fourth-order valence-corrected chi connectivity index (χ4v) is 2.19. The molecule has 3 rings (SSSR count). The van der Waals surface area contributed by atoms with E-state index in [2.05, 4.69) is 0 Å². The summed E-state index contributed by atoms with van der Waals surface area (Å²) in [7, 11) is 0. The van der Waals surface area contributed by atoms with Crippen molar-refractivity contribution in [3.8, 4) is 0 Å². The van der Waals surface area contributed by atoms with Gasteiger partial charge in [-0.25, -0.2) is 0 Å². The monoisotopic (exact) mass is 226 g/mol. The first-order chi connectivity index (χ1) is 7.50. The average molecular weight is 226 g/mol. The molecule has 0 amide bonds. The van der Waals surface area contributed by atoms with E-state index in [0.29, 0.717) is 0 Å². The fourth-order valence-electron chi connectivity index (χ4n) is 2.19. The maximum atomic E-state index is 1.50. The number of hydrogen-bond donors (Lipinski definition) is 0. The third kappa shape index (κ3) is 10.5. The molecular weight excluding hydrogens is 192 g/mol. The SMILES string of the molecule is C.C1CCC1.C1CCCC1.C1CCCCC1. The summed E-state index contributed by atoms with van der Waals surface area (Å²) in [6.45, 7) is 0. The minimum atomic E-state index is 0. The summed E-state index contributed by atoms with van der Waals surface area (Å²) in [6.07, 6.45) is 22.5. The lowest BCUT2D eigenvalue weighted by Crippen LogP contribution is -1.85. The van der Waals surface area contributed by atoms with Gasteiger partial charge in [0.05, 0.1) is 0 Å². The number of hydrogen-bond acceptors (Lipinski definition) is 0. The summed E-state index contributed by atoms with van der Waals surface area (Å²) in [5.74, 6) is 0. The van der Waals surface area contributed by atoms with Gasteiger partial charge in [-0.1, -0.05) is 104 Å². The van der Waals surface area contributed by atoms with Gasteiger partial charge < -0.3 is 0 Å². The molecule has 0 bridgehead atoms. The van der Waals surface area contributed by atoms with E-state index in [1.807, 2.05) is 0 Å². The van der Waals surface area contributed by atoms with Crippen LogP contribution in [0.15, 0.2) is 0 Å². The molecule has 0 saturated heterocycles. The van der Waals surface area contributed by atoms with Crippen LogP contribution in [0, 0.1) is 0 Å². The van der Waals surface area contributed by atoms with Crippen LogP contribution in [0.4, 0.5) is 0 Å². The Morgan fingerprint density at radius 3 is 0.312 bits per heavy atom. The zero-order chi connectivity index (χ0) is 10.6. The minimum absolute atomic E-state index is 0. The summed E-state index contributed by atoms with van der Waals surface area (Å²) < 4.78 is 0. The van der Waals surface area contributed by atoms with Crippen molar-refractivity contribution in [1.29, 1.82) is 0 Å². The Labute approximate surface area is 104 Å². The highest BCUT2D eigenvalue weighted by Crippen LogP contribution is 2.16. The van der Waals surface area contributed by atoms with E-state index in [4.69, 9.17) is 0 Å². The first-order valence-corrected chi connectivity index (χ1v) is 7.50. The first kappa shape index (κ1) is 16.0. The molecule has 16 heavy (non-hydrogen) atoms. The Hall–Kier alpha value is 0. The van der Waals surface area contributed by atoms with Gasteiger partial charge in [0.15, 0.2) is 0 Å². The van der Waals surface area contributed by atoms with Crippen molar-refractivity contribution in [2.45, 2.75) is 104 Å². The van der Waals surface area contributed by atoms with Crippen molar-refractivity contribution in [2.24, 2.45) is 0 Å². The van der Waals surface area contributed by atoms with Gasteiger partial charge in [0, 0.05) is 0 Å². The van der Waals surface area contributed by atoms with Crippen LogP contribution in [0.5, 0.6) is 0 Å². The molecule has 0 heteroatoms. The van der Waals surface area contributed by atoms with Crippen LogP contribution in [0.1, 0.15) is 104 Å². The molecule has 3 aliphatic rings. The predicted octanol–water partition coefficient (Wildman–Crippen LogP) is 6.49. The molecule has 0 N–H and O–H groups in total. The van der Waals surface area contributed by atoms with Crippen LogP contribution in [-0.4, -0.2) is 0 Å². The summed E-state index contributed by atoms with van der Waals surface area (Å²) in [5.41, 5.74) is 0. The quantitative estimate of drug-likeness (QED) is 0.443. The molecule has 0 unspecified atom stereocenters. The first-order valence-electron chi connectivity index (χ1n) is 7.50. The van der Waals surface area contributed by atoms with E-state index >= 15 is 0 Å². The van der Waals surface area contributed by atoms with Gasteiger partial charge in [0.2, 0.25) is 0 Å². The maximum Gasteiger partial charge on any atom is -0.0533 e. The lowest BCUT2D eigenvalue weighted by atomic mass is 10.0. The summed E-state index contributed by atoms with van der Waals surface area (Å²) in [4.78, 5) is 0. The molecule has 0 aromatic heterocycles. The standard InChI is InChI=1S/C6H12.C5H10.C4H8.CH4/c1-2-4-6-5-3-1;1-2-4-5-3-1;1-2-4-3-1;/h1-6H2;1-5H2;1-4H2;1H4. The zero-order valence-corrected chi connectivity index (χ0v) is 10.6. The summed E-state index contributed by atoms with van der Waals surface area (Å²) >= 11 is 0. The normalized spacial score (nSPS) is 22.5. The second-order valence-corrected chi connectivity index (χ2v) is 5.30. The Bertz CT molecular complexity index is 82.1. The van der Waals surface area contributed by atoms with Crippen LogP contribution in [0.2, 0.25) is 0 Å². The minimum Gasteiger partial charge on any atom is -0.0776 e.